The number of amides is 1. The van der Waals surface area contributed by atoms with Crippen LogP contribution in [-0.4, -0.2) is 24.9 Å². The first kappa shape index (κ1) is 17.6. The fourth-order valence-electron chi connectivity index (χ4n) is 3.05. The maximum absolute atomic E-state index is 14.4. The van der Waals surface area contributed by atoms with E-state index in [4.69, 9.17) is 10.5 Å². The van der Waals surface area contributed by atoms with Crippen LogP contribution >= 0.6 is 0 Å². The molecule has 1 heterocycles. The molecule has 3 rings (SSSR count). The van der Waals surface area contributed by atoms with E-state index in [1.54, 1.807) is 13.2 Å². The number of nitrogens with zero attached hydrogens (tertiary/aromatic N) is 1. The highest BCUT2D eigenvalue weighted by atomic mass is 19.1. The van der Waals surface area contributed by atoms with Gasteiger partial charge in [-0.2, -0.15) is 0 Å². The molecule has 136 valence electrons. The fourth-order valence-corrected chi connectivity index (χ4v) is 3.05. The van der Waals surface area contributed by atoms with Crippen molar-refractivity contribution in [2.24, 2.45) is 0 Å². The Hall–Kier alpha value is -3.22. The van der Waals surface area contributed by atoms with Gasteiger partial charge in [0.15, 0.2) is 0 Å². The Morgan fingerprint density at radius 3 is 2.62 bits per heavy atom. The second kappa shape index (κ2) is 6.95. The Kier molecular flexibility index (Phi) is 4.71. The summed E-state index contributed by atoms with van der Waals surface area (Å²) in [7, 11) is 2.82. The highest BCUT2D eigenvalue weighted by Gasteiger charge is 2.18. The van der Waals surface area contributed by atoms with Gasteiger partial charge in [-0.15, -0.1) is 0 Å². The number of aromatic nitrogens is 1. The highest BCUT2D eigenvalue weighted by Crippen LogP contribution is 2.38. The molecule has 0 saturated carbocycles. The summed E-state index contributed by atoms with van der Waals surface area (Å²) < 4.78 is 26.2. The molecule has 0 atom stereocenters. The van der Waals surface area contributed by atoms with Crippen LogP contribution in [0.15, 0.2) is 36.4 Å². The van der Waals surface area contributed by atoms with Crippen molar-refractivity contribution in [1.29, 1.82) is 0 Å². The van der Waals surface area contributed by atoms with Gasteiger partial charge in [-0.1, -0.05) is 6.07 Å². The minimum absolute atomic E-state index is 0.0417. The van der Waals surface area contributed by atoms with Gasteiger partial charge in [-0.05, 0) is 31.2 Å². The molecule has 0 spiro atoms. The van der Waals surface area contributed by atoms with E-state index in [0.717, 1.165) is 22.3 Å². The van der Waals surface area contributed by atoms with Crippen molar-refractivity contribution in [2.45, 2.75) is 13.5 Å². The number of nitrogen functional groups attached to an aromatic ring is 1. The lowest BCUT2D eigenvalue weighted by Crippen LogP contribution is -2.12. The van der Waals surface area contributed by atoms with Crippen molar-refractivity contribution >= 4 is 28.4 Å². The minimum Gasteiger partial charge on any atom is -0.497 e. The Morgan fingerprint density at radius 2 is 2.00 bits per heavy atom. The largest absolute Gasteiger partial charge is 0.497 e. The molecule has 0 radical (unpaired) electrons. The quantitative estimate of drug-likeness (QED) is 0.732. The predicted molar refractivity (Wildman–Crippen MR) is 100.0 cm³/mol. The Labute approximate surface area is 150 Å². The van der Waals surface area contributed by atoms with Crippen LogP contribution in [0.4, 0.5) is 20.6 Å². The summed E-state index contributed by atoms with van der Waals surface area (Å²) in [5.74, 6) is 0.151. The molecular formula is C19H20FN3O3. The number of ether oxygens (including phenoxy) is 2. The molecule has 0 fully saturated rings. The van der Waals surface area contributed by atoms with E-state index >= 15 is 0 Å². The maximum Gasteiger partial charge on any atom is 0.411 e. The number of fused-ring (bicyclic) bond motifs is 1. The van der Waals surface area contributed by atoms with Crippen LogP contribution in [-0.2, 0) is 11.3 Å². The van der Waals surface area contributed by atoms with Gasteiger partial charge in [-0.3, -0.25) is 5.32 Å². The van der Waals surface area contributed by atoms with Crippen LogP contribution in [0.25, 0.3) is 22.2 Å². The summed E-state index contributed by atoms with van der Waals surface area (Å²) in [6.45, 7) is 2.64. The average molecular weight is 357 g/mol. The van der Waals surface area contributed by atoms with Crippen LogP contribution < -0.4 is 15.8 Å². The lowest BCUT2D eigenvalue weighted by atomic mass is 10.1. The number of hydrogen-bond acceptors (Lipinski definition) is 4. The minimum atomic E-state index is -0.731. The molecule has 2 aromatic carbocycles. The summed E-state index contributed by atoms with van der Waals surface area (Å²) in [6.07, 6.45) is -0.731. The third kappa shape index (κ3) is 2.92. The van der Waals surface area contributed by atoms with E-state index < -0.39 is 11.9 Å². The lowest BCUT2D eigenvalue weighted by Gasteiger charge is -2.11. The molecule has 0 unspecified atom stereocenters. The molecule has 1 aromatic heterocycles. The normalized spacial score (nSPS) is 10.8. The van der Waals surface area contributed by atoms with Gasteiger partial charge in [0.05, 0.1) is 36.8 Å². The predicted octanol–water partition coefficient (Wildman–Crippen LogP) is 4.24. The maximum atomic E-state index is 14.4. The first-order valence-corrected chi connectivity index (χ1v) is 8.10. The van der Waals surface area contributed by atoms with Crippen LogP contribution in [0.2, 0.25) is 0 Å². The summed E-state index contributed by atoms with van der Waals surface area (Å²) >= 11 is 0. The third-order valence-corrected chi connectivity index (χ3v) is 4.29. The number of methoxy groups -OCH3 is 2. The zero-order valence-electron chi connectivity index (χ0n) is 14.8. The summed E-state index contributed by atoms with van der Waals surface area (Å²) in [5, 5.41) is 3.21. The SMILES string of the molecule is CCn1c(-c2ccc(NC(=O)OC)c(F)c2)c(N)c2ccc(OC)cc21. The van der Waals surface area contributed by atoms with Gasteiger partial charge < -0.3 is 19.8 Å². The van der Waals surface area contributed by atoms with E-state index in [1.807, 2.05) is 29.7 Å². The topological polar surface area (TPSA) is 78.5 Å². The van der Waals surface area contributed by atoms with Gasteiger partial charge >= 0.3 is 6.09 Å². The van der Waals surface area contributed by atoms with Gasteiger partial charge in [-0.25, -0.2) is 9.18 Å². The van der Waals surface area contributed by atoms with E-state index in [-0.39, 0.29) is 5.69 Å². The third-order valence-electron chi connectivity index (χ3n) is 4.29. The summed E-state index contributed by atoms with van der Waals surface area (Å²) in [4.78, 5) is 11.3. The van der Waals surface area contributed by atoms with Crippen molar-refractivity contribution in [1.82, 2.24) is 4.57 Å². The van der Waals surface area contributed by atoms with Crippen LogP contribution in [0.1, 0.15) is 6.92 Å². The highest BCUT2D eigenvalue weighted by molar-refractivity contribution is 6.01. The fraction of sp³-hybridized carbons (Fsp3) is 0.211. The second-order valence-corrected chi connectivity index (χ2v) is 5.70. The Morgan fingerprint density at radius 1 is 1.23 bits per heavy atom. The van der Waals surface area contributed by atoms with Crippen molar-refractivity contribution in [3.8, 4) is 17.0 Å². The number of nitrogens with one attached hydrogen (secondary N) is 1. The van der Waals surface area contributed by atoms with Crippen LogP contribution in [0.5, 0.6) is 5.75 Å². The first-order chi connectivity index (χ1) is 12.5. The van der Waals surface area contributed by atoms with Gasteiger partial charge in [0.25, 0.3) is 0 Å². The van der Waals surface area contributed by atoms with E-state index in [1.165, 1.54) is 19.2 Å². The molecule has 6 nitrogen and oxygen atoms in total. The second-order valence-electron chi connectivity index (χ2n) is 5.70. The number of carbonyl (C=O) groups is 1. The molecule has 3 N–H and O–H groups in total. The molecule has 1 amide bonds. The number of hydrogen-bond donors (Lipinski definition) is 2. The van der Waals surface area contributed by atoms with Gasteiger partial charge in [0, 0.05) is 23.6 Å². The molecule has 7 heteroatoms. The Balaban J connectivity index is 2.14. The van der Waals surface area contributed by atoms with Crippen LogP contribution in [0, 0.1) is 5.82 Å². The molecular weight excluding hydrogens is 337 g/mol. The van der Waals surface area contributed by atoms with E-state index in [2.05, 4.69) is 10.1 Å². The number of nitrogens with two attached hydrogens (primary N) is 1. The monoisotopic (exact) mass is 357 g/mol. The van der Waals surface area contributed by atoms with Crippen molar-refractivity contribution < 1.29 is 18.7 Å². The number of halogens is 1. The molecule has 0 aliphatic carbocycles. The molecule has 0 saturated heterocycles. The lowest BCUT2D eigenvalue weighted by molar-refractivity contribution is 0.187. The molecule has 26 heavy (non-hydrogen) atoms. The van der Waals surface area contributed by atoms with E-state index in [0.29, 0.717) is 17.8 Å². The first-order valence-electron chi connectivity index (χ1n) is 8.10. The van der Waals surface area contributed by atoms with Crippen molar-refractivity contribution in [3.63, 3.8) is 0 Å². The number of benzene rings is 2. The van der Waals surface area contributed by atoms with Crippen molar-refractivity contribution in [3.05, 3.63) is 42.2 Å². The average Bonchev–Trinajstić information content (AvgIpc) is 2.94. The summed E-state index contributed by atoms with van der Waals surface area (Å²) in [5.41, 5.74) is 9.22. The number of anilines is 2. The molecule has 0 aliphatic heterocycles. The number of carbonyl (C=O) groups excluding carboxylic acids is 1. The smallest absolute Gasteiger partial charge is 0.411 e. The van der Waals surface area contributed by atoms with Gasteiger partial charge in [0.1, 0.15) is 11.6 Å². The van der Waals surface area contributed by atoms with Crippen LogP contribution in [0.3, 0.4) is 0 Å². The number of aryl methyl sites for hydroxylation is 1. The van der Waals surface area contributed by atoms with Crippen molar-refractivity contribution in [2.75, 3.05) is 25.3 Å². The molecule has 0 aliphatic rings. The zero-order chi connectivity index (χ0) is 18.8. The molecule has 0 bridgehead atoms. The van der Waals surface area contributed by atoms with Gasteiger partial charge in [0.2, 0.25) is 0 Å². The molecule has 3 aromatic rings. The number of rotatable bonds is 4. The zero-order valence-corrected chi connectivity index (χ0v) is 14.8. The van der Waals surface area contributed by atoms with E-state index in [9.17, 15) is 9.18 Å². The summed E-state index contributed by atoms with van der Waals surface area (Å²) in [6, 6.07) is 10.2. The Bertz CT molecular complexity index is 982. The standard InChI is InChI=1S/C19H20FN3O3/c1-4-23-16-10-12(25-2)6-7-13(16)17(21)18(23)11-5-8-15(14(20)9-11)22-19(24)26-3/h5-10H,4,21H2,1-3H3,(H,22,24).